The summed E-state index contributed by atoms with van der Waals surface area (Å²) in [5.41, 5.74) is 2.69. The zero-order valence-corrected chi connectivity index (χ0v) is 19.1. The molecule has 0 aromatic heterocycles. The predicted molar refractivity (Wildman–Crippen MR) is 122 cm³/mol. The van der Waals surface area contributed by atoms with Gasteiger partial charge < -0.3 is 19.9 Å². The highest BCUT2D eigenvalue weighted by Gasteiger charge is 2.17. The van der Waals surface area contributed by atoms with Gasteiger partial charge in [-0.3, -0.25) is 4.79 Å². The summed E-state index contributed by atoms with van der Waals surface area (Å²) >= 11 is 6.94. The maximum absolute atomic E-state index is 12.6. The summed E-state index contributed by atoms with van der Waals surface area (Å²) < 4.78 is 7.15. The molecule has 3 rings (SSSR count). The molecule has 1 fully saturated rings. The molecule has 1 heterocycles. The van der Waals surface area contributed by atoms with Gasteiger partial charge in [-0.05, 0) is 53.3 Å². The monoisotopic (exact) mass is 507 g/mol. The van der Waals surface area contributed by atoms with Crippen LogP contribution in [0.2, 0.25) is 0 Å². The molecule has 0 bridgehead atoms. The SMILES string of the molecule is COc1c(Br)cc(Br)cc1/C=C/C(=O)Nc1ccccc1N1CCN(C)CC1. The molecule has 0 spiro atoms. The number of hydrogen-bond acceptors (Lipinski definition) is 4. The van der Waals surface area contributed by atoms with Gasteiger partial charge in [-0.15, -0.1) is 0 Å². The average molecular weight is 509 g/mol. The van der Waals surface area contributed by atoms with Crippen LogP contribution in [0.1, 0.15) is 5.56 Å². The van der Waals surface area contributed by atoms with Crippen molar-refractivity contribution in [3.8, 4) is 5.75 Å². The van der Waals surface area contributed by atoms with Gasteiger partial charge in [0, 0.05) is 42.3 Å². The van der Waals surface area contributed by atoms with Crippen LogP contribution >= 0.6 is 31.9 Å². The fourth-order valence-electron chi connectivity index (χ4n) is 3.16. The molecule has 7 heteroatoms. The Kier molecular flexibility index (Phi) is 7.15. The van der Waals surface area contributed by atoms with Crippen LogP contribution in [0.3, 0.4) is 0 Å². The fraction of sp³-hybridized carbons (Fsp3) is 0.286. The lowest BCUT2D eigenvalue weighted by Crippen LogP contribution is -2.44. The second kappa shape index (κ2) is 9.58. The van der Waals surface area contributed by atoms with E-state index in [1.54, 1.807) is 13.2 Å². The van der Waals surface area contributed by atoms with E-state index in [2.05, 4.69) is 60.1 Å². The van der Waals surface area contributed by atoms with E-state index in [9.17, 15) is 4.79 Å². The average Bonchev–Trinajstić information content (AvgIpc) is 2.67. The molecule has 5 nitrogen and oxygen atoms in total. The molecular weight excluding hydrogens is 486 g/mol. The van der Waals surface area contributed by atoms with E-state index in [1.165, 1.54) is 6.08 Å². The van der Waals surface area contributed by atoms with Crippen LogP contribution in [0.25, 0.3) is 6.08 Å². The molecule has 1 aliphatic rings. The second-order valence-corrected chi connectivity index (χ2v) is 8.41. The first-order chi connectivity index (χ1) is 13.5. The lowest BCUT2D eigenvalue weighted by atomic mass is 10.2. The van der Waals surface area contributed by atoms with Crippen molar-refractivity contribution in [3.63, 3.8) is 0 Å². The minimum Gasteiger partial charge on any atom is -0.495 e. The third kappa shape index (κ3) is 5.16. The number of piperazine rings is 1. The Labute approximate surface area is 182 Å². The summed E-state index contributed by atoms with van der Waals surface area (Å²) in [6.45, 7) is 3.92. The molecule has 2 aromatic carbocycles. The van der Waals surface area contributed by atoms with Gasteiger partial charge in [0.05, 0.1) is 23.0 Å². The van der Waals surface area contributed by atoms with Crippen molar-refractivity contribution in [2.24, 2.45) is 0 Å². The predicted octanol–water partition coefficient (Wildman–Crippen LogP) is 4.62. The van der Waals surface area contributed by atoms with Gasteiger partial charge in [-0.25, -0.2) is 0 Å². The fourth-order valence-corrected chi connectivity index (χ4v) is 4.58. The smallest absolute Gasteiger partial charge is 0.248 e. The van der Waals surface area contributed by atoms with Crippen LogP contribution in [0, 0.1) is 0 Å². The number of amides is 1. The number of para-hydroxylation sites is 2. The Balaban J connectivity index is 1.75. The standard InChI is InChI=1S/C21H23Br2N3O2/c1-25-9-11-26(12-10-25)19-6-4-3-5-18(19)24-20(27)8-7-15-13-16(22)14-17(23)21(15)28-2/h3-8,13-14H,9-12H2,1-2H3,(H,24,27)/b8-7+. The van der Waals surface area contributed by atoms with E-state index < -0.39 is 0 Å². The van der Waals surface area contributed by atoms with E-state index in [-0.39, 0.29) is 5.91 Å². The number of likely N-dealkylation sites (N-methyl/N-ethyl adjacent to an activating group) is 1. The minimum atomic E-state index is -0.181. The zero-order chi connectivity index (χ0) is 20.1. The summed E-state index contributed by atoms with van der Waals surface area (Å²) in [5.74, 6) is 0.504. The number of halogens is 2. The highest BCUT2D eigenvalue weighted by molar-refractivity contribution is 9.11. The number of benzene rings is 2. The maximum atomic E-state index is 12.6. The molecule has 1 amide bonds. The second-order valence-electron chi connectivity index (χ2n) is 6.64. The number of carbonyl (C=O) groups excluding carboxylic acids is 1. The first kappa shape index (κ1) is 20.9. The number of nitrogens with one attached hydrogen (secondary N) is 1. The number of ether oxygens (including phenoxy) is 1. The number of methoxy groups -OCH3 is 1. The van der Waals surface area contributed by atoms with E-state index in [1.807, 2.05) is 30.3 Å². The highest BCUT2D eigenvalue weighted by Crippen LogP contribution is 2.33. The molecule has 0 saturated carbocycles. The number of hydrogen-bond donors (Lipinski definition) is 1. The van der Waals surface area contributed by atoms with Crippen molar-refractivity contribution >= 4 is 55.2 Å². The van der Waals surface area contributed by atoms with Crippen LogP contribution in [-0.2, 0) is 4.79 Å². The molecule has 0 aliphatic carbocycles. The molecule has 1 aliphatic heterocycles. The number of rotatable bonds is 5. The Morgan fingerprint density at radius 2 is 1.86 bits per heavy atom. The van der Waals surface area contributed by atoms with Gasteiger partial charge in [-0.1, -0.05) is 28.1 Å². The molecule has 0 radical (unpaired) electrons. The number of anilines is 2. The summed E-state index contributed by atoms with van der Waals surface area (Å²) in [6.07, 6.45) is 3.28. The number of carbonyl (C=O) groups is 1. The third-order valence-electron chi connectivity index (χ3n) is 4.66. The molecule has 0 atom stereocenters. The topological polar surface area (TPSA) is 44.8 Å². The zero-order valence-electron chi connectivity index (χ0n) is 15.9. The van der Waals surface area contributed by atoms with Crippen molar-refractivity contribution in [1.82, 2.24) is 4.90 Å². The Morgan fingerprint density at radius 3 is 2.57 bits per heavy atom. The van der Waals surface area contributed by atoms with Crippen molar-refractivity contribution in [2.75, 3.05) is 50.6 Å². The summed E-state index contributed by atoms with van der Waals surface area (Å²) in [6, 6.07) is 11.7. The number of nitrogens with zero attached hydrogens (tertiary/aromatic N) is 2. The quantitative estimate of drug-likeness (QED) is 0.598. The van der Waals surface area contributed by atoms with Crippen LogP contribution < -0.4 is 15.0 Å². The lowest BCUT2D eigenvalue weighted by molar-refractivity contribution is -0.111. The van der Waals surface area contributed by atoms with Crippen molar-refractivity contribution in [2.45, 2.75) is 0 Å². The molecule has 148 valence electrons. The van der Waals surface area contributed by atoms with Gasteiger partial charge in [0.25, 0.3) is 0 Å². The van der Waals surface area contributed by atoms with E-state index in [0.29, 0.717) is 5.75 Å². The Hall–Kier alpha value is -1.83. The van der Waals surface area contributed by atoms with E-state index in [4.69, 9.17) is 4.74 Å². The molecule has 28 heavy (non-hydrogen) atoms. The maximum Gasteiger partial charge on any atom is 0.248 e. The lowest BCUT2D eigenvalue weighted by Gasteiger charge is -2.35. The van der Waals surface area contributed by atoms with Crippen LogP contribution in [-0.4, -0.2) is 51.1 Å². The van der Waals surface area contributed by atoms with Crippen LogP contribution in [0.4, 0.5) is 11.4 Å². The van der Waals surface area contributed by atoms with Crippen LogP contribution in [0.15, 0.2) is 51.4 Å². The largest absolute Gasteiger partial charge is 0.495 e. The summed E-state index contributed by atoms with van der Waals surface area (Å²) in [7, 11) is 3.74. The first-order valence-corrected chi connectivity index (χ1v) is 10.6. The van der Waals surface area contributed by atoms with Crippen LogP contribution in [0.5, 0.6) is 5.75 Å². The van der Waals surface area contributed by atoms with Crippen molar-refractivity contribution in [3.05, 3.63) is 57.0 Å². The van der Waals surface area contributed by atoms with Gasteiger partial charge in [0.15, 0.2) is 0 Å². The van der Waals surface area contributed by atoms with Gasteiger partial charge in [0.1, 0.15) is 5.75 Å². The molecule has 1 saturated heterocycles. The molecule has 2 aromatic rings. The van der Waals surface area contributed by atoms with Gasteiger partial charge >= 0.3 is 0 Å². The minimum absolute atomic E-state index is 0.181. The summed E-state index contributed by atoms with van der Waals surface area (Å²) in [5, 5.41) is 3.01. The highest BCUT2D eigenvalue weighted by atomic mass is 79.9. The van der Waals surface area contributed by atoms with Crippen molar-refractivity contribution < 1.29 is 9.53 Å². The molecule has 0 unspecified atom stereocenters. The molecular formula is C21H23Br2N3O2. The van der Waals surface area contributed by atoms with Gasteiger partial charge in [-0.2, -0.15) is 0 Å². The first-order valence-electron chi connectivity index (χ1n) is 9.02. The third-order valence-corrected chi connectivity index (χ3v) is 5.71. The van der Waals surface area contributed by atoms with E-state index >= 15 is 0 Å². The van der Waals surface area contributed by atoms with Gasteiger partial charge in [0.2, 0.25) is 5.91 Å². The van der Waals surface area contributed by atoms with E-state index in [0.717, 1.165) is 52.1 Å². The Morgan fingerprint density at radius 1 is 1.14 bits per heavy atom. The normalized spacial score (nSPS) is 15.1. The Bertz CT molecular complexity index is 878. The summed E-state index contributed by atoms with van der Waals surface area (Å²) in [4.78, 5) is 17.2. The van der Waals surface area contributed by atoms with Crippen molar-refractivity contribution in [1.29, 1.82) is 0 Å². The molecule has 1 N–H and O–H groups in total.